The third-order valence-electron chi connectivity index (χ3n) is 4.99. The number of carboxylic acid groups (broad SMARTS) is 1. The first-order chi connectivity index (χ1) is 12.8. The van der Waals surface area contributed by atoms with Crippen LogP contribution in [0, 0.1) is 13.8 Å². The normalized spacial score (nSPS) is 15.0. The van der Waals surface area contributed by atoms with Crippen molar-refractivity contribution in [3.8, 4) is 0 Å². The molecule has 146 valence electrons. The third-order valence-corrected chi connectivity index (χ3v) is 4.99. The van der Waals surface area contributed by atoms with E-state index in [4.69, 9.17) is 4.74 Å². The first-order valence-electron chi connectivity index (χ1n) is 8.98. The van der Waals surface area contributed by atoms with Crippen LogP contribution in [0.3, 0.4) is 0 Å². The van der Waals surface area contributed by atoms with E-state index in [0.717, 1.165) is 17.0 Å². The number of carbonyl (C=O) groups is 1. The fourth-order valence-electron chi connectivity index (χ4n) is 3.03. The van der Waals surface area contributed by atoms with Gasteiger partial charge in [0.15, 0.2) is 0 Å². The zero-order valence-electron chi connectivity index (χ0n) is 16.2. The van der Waals surface area contributed by atoms with E-state index in [1.54, 1.807) is 20.0 Å². The number of anilines is 2. The van der Waals surface area contributed by atoms with Gasteiger partial charge in [0.25, 0.3) is 0 Å². The number of hydrogen-bond acceptors (Lipinski definition) is 7. The molecule has 0 bridgehead atoms. The second-order valence-corrected chi connectivity index (χ2v) is 7.23. The molecule has 1 fully saturated rings. The Bertz CT molecular complexity index is 807. The van der Waals surface area contributed by atoms with E-state index in [9.17, 15) is 9.90 Å². The summed E-state index contributed by atoms with van der Waals surface area (Å²) >= 11 is 0. The molecule has 9 nitrogen and oxygen atoms in total. The maximum absolute atomic E-state index is 11.8. The molecule has 1 aliphatic rings. The van der Waals surface area contributed by atoms with Crippen LogP contribution in [0.1, 0.15) is 36.4 Å². The van der Waals surface area contributed by atoms with Gasteiger partial charge in [-0.05, 0) is 27.7 Å². The Kier molecular flexibility index (Phi) is 5.31. The number of H-pyrrole nitrogens is 1. The van der Waals surface area contributed by atoms with Gasteiger partial charge in [0.05, 0.1) is 24.3 Å². The summed E-state index contributed by atoms with van der Waals surface area (Å²) in [7, 11) is 0. The molecule has 0 atom stereocenters. The van der Waals surface area contributed by atoms with Gasteiger partial charge in [-0.15, -0.1) is 0 Å². The Balaban J connectivity index is 1.91. The van der Waals surface area contributed by atoms with Crippen LogP contribution in [0.25, 0.3) is 0 Å². The van der Waals surface area contributed by atoms with Crippen LogP contribution in [0.5, 0.6) is 0 Å². The Hall–Kier alpha value is -2.68. The maximum atomic E-state index is 11.8. The topological polar surface area (TPSA) is 116 Å². The fourth-order valence-corrected chi connectivity index (χ4v) is 3.03. The van der Waals surface area contributed by atoms with Gasteiger partial charge in [0.2, 0.25) is 5.95 Å². The van der Waals surface area contributed by atoms with Crippen LogP contribution < -0.4 is 10.2 Å². The Morgan fingerprint density at radius 2 is 2.07 bits per heavy atom. The minimum absolute atomic E-state index is 0.460. The standard InChI is InChI=1S/C18H26N6O3/c1-11-13(12(2)23-22-11)9-19-17-20-10-14(18(3,4)16(25)26)15(21-17)24-5-7-27-8-6-24/h10H,5-9H2,1-4H3,(H,22,23)(H,25,26)(H,19,20,21). The smallest absolute Gasteiger partial charge is 0.313 e. The number of hydrogen-bond donors (Lipinski definition) is 3. The van der Waals surface area contributed by atoms with Gasteiger partial charge in [0, 0.05) is 42.7 Å². The molecule has 2 aromatic heterocycles. The van der Waals surface area contributed by atoms with Crippen molar-refractivity contribution in [3.63, 3.8) is 0 Å². The molecule has 0 amide bonds. The summed E-state index contributed by atoms with van der Waals surface area (Å²) in [5.41, 5.74) is 2.50. The quantitative estimate of drug-likeness (QED) is 0.699. The molecule has 0 unspecified atom stereocenters. The predicted octanol–water partition coefficient (Wildman–Crippen LogP) is 1.63. The fraction of sp³-hybridized carbons (Fsp3) is 0.556. The SMILES string of the molecule is Cc1n[nH]c(C)c1CNc1ncc(C(C)(C)C(=O)O)c(N2CCOCC2)n1. The van der Waals surface area contributed by atoms with Gasteiger partial charge < -0.3 is 20.1 Å². The van der Waals surface area contributed by atoms with Gasteiger partial charge in [-0.2, -0.15) is 10.1 Å². The lowest BCUT2D eigenvalue weighted by Gasteiger charge is -2.32. The highest BCUT2D eigenvalue weighted by atomic mass is 16.5. The summed E-state index contributed by atoms with van der Waals surface area (Å²) in [5, 5.41) is 20.0. The molecule has 0 aliphatic carbocycles. The van der Waals surface area contributed by atoms with Gasteiger partial charge in [-0.25, -0.2) is 4.98 Å². The summed E-state index contributed by atoms with van der Waals surface area (Å²) in [6.07, 6.45) is 1.61. The predicted molar refractivity (Wildman–Crippen MR) is 101 cm³/mol. The number of nitrogens with zero attached hydrogens (tertiary/aromatic N) is 4. The van der Waals surface area contributed by atoms with Crippen molar-refractivity contribution in [1.82, 2.24) is 20.2 Å². The number of rotatable bonds is 6. The van der Waals surface area contributed by atoms with Crippen molar-refractivity contribution in [2.24, 2.45) is 0 Å². The second kappa shape index (κ2) is 7.51. The summed E-state index contributed by atoms with van der Waals surface area (Å²) in [5.74, 6) is 0.191. The van der Waals surface area contributed by atoms with Crippen LogP contribution >= 0.6 is 0 Å². The number of morpholine rings is 1. The van der Waals surface area contributed by atoms with Crippen molar-refractivity contribution in [3.05, 3.63) is 28.7 Å². The minimum Gasteiger partial charge on any atom is -0.481 e. The highest BCUT2D eigenvalue weighted by molar-refractivity contribution is 5.82. The van der Waals surface area contributed by atoms with Crippen molar-refractivity contribution < 1.29 is 14.6 Å². The molecule has 2 aromatic rings. The number of aromatic amines is 1. The summed E-state index contributed by atoms with van der Waals surface area (Å²) < 4.78 is 5.42. The molecular weight excluding hydrogens is 348 g/mol. The van der Waals surface area contributed by atoms with E-state index >= 15 is 0 Å². The highest BCUT2D eigenvalue weighted by Crippen LogP contribution is 2.32. The first kappa shape index (κ1) is 19.1. The average Bonchev–Trinajstić information content (AvgIpc) is 2.98. The molecule has 27 heavy (non-hydrogen) atoms. The zero-order chi connectivity index (χ0) is 19.6. The van der Waals surface area contributed by atoms with Crippen LogP contribution in [0.2, 0.25) is 0 Å². The van der Waals surface area contributed by atoms with Crippen molar-refractivity contribution in [2.75, 3.05) is 36.5 Å². The van der Waals surface area contributed by atoms with Gasteiger partial charge in [-0.1, -0.05) is 0 Å². The minimum atomic E-state index is -1.09. The Morgan fingerprint density at radius 1 is 1.37 bits per heavy atom. The average molecular weight is 374 g/mol. The Morgan fingerprint density at radius 3 is 2.67 bits per heavy atom. The number of carboxylic acids is 1. The van der Waals surface area contributed by atoms with Crippen molar-refractivity contribution in [1.29, 1.82) is 0 Å². The van der Waals surface area contributed by atoms with E-state index in [1.807, 2.05) is 13.8 Å². The van der Waals surface area contributed by atoms with Crippen molar-refractivity contribution in [2.45, 2.75) is 39.7 Å². The lowest BCUT2D eigenvalue weighted by atomic mass is 9.85. The molecule has 3 N–H and O–H groups in total. The number of ether oxygens (including phenoxy) is 1. The Labute approximate surface area is 158 Å². The number of aromatic nitrogens is 4. The van der Waals surface area contributed by atoms with Gasteiger partial charge >= 0.3 is 5.97 Å². The number of aryl methyl sites for hydroxylation is 2. The molecule has 1 saturated heterocycles. The molecule has 0 aromatic carbocycles. The van der Waals surface area contributed by atoms with Gasteiger partial charge in [-0.3, -0.25) is 9.89 Å². The molecule has 3 heterocycles. The molecule has 0 saturated carbocycles. The summed E-state index contributed by atoms with van der Waals surface area (Å²) in [6, 6.07) is 0. The largest absolute Gasteiger partial charge is 0.481 e. The lowest BCUT2D eigenvalue weighted by molar-refractivity contribution is -0.142. The molecule has 0 spiro atoms. The lowest BCUT2D eigenvalue weighted by Crippen LogP contribution is -2.40. The molecule has 0 radical (unpaired) electrons. The molecular formula is C18H26N6O3. The highest BCUT2D eigenvalue weighted by Gasteiger charge is 2.35. The molecule has 1 aliphatic heterocycles. The number of nitrogens with one attached hydrogen (secondary N) is 2. The van der Waals surface area contributed by atoms with Crippen molar-refractivity contribution >= 4 is 17.7 Å². The number of aliphatic carboxylic acids is 1. The maximum Gasteiger partial charge on any atom is 0.313 e. The summed E-state index contributed by atoms with van der Waals surface area (Å²) in [6.45, 7) is 10.3. The van der Waals surface area contributed by atoms with Crippen LogP contribution in [0.4, 0.5) is 11.8 Å². The van der Waals surface area contributed by atoms with E-state index in [2.05, 4.69) is 30.4 Å². The van der Waals surface area contributed by atoms with Crippen LogP contribution in [-0.4, -0.2) is 57.5 Å². The van der Waals surface area contributed by atoms with Crippen LogP contribution in [0.15, 0.2) is 6.20 Å². The van der Waals surface area contributed by atoms with E-state index < -0.39 is 11.4 Å². The first-order valence-corrected chi connectivity index (χ1v) is 8.98. The zero-order valence-corrected chi connectivity index (χ0v) is 16.2. The van der Waals surface area contributed by atoms with Crippen LogP contribution in [-0.2, 0) is 21.5 Å². The molecule has 3 rings (SSSR count). The second-order valence-electron chi connectivity index (χ2n) is 7.23. The monoisotopic (exact) mass is 374 g/mol. The van der Waals surface area contributed by atoms with E-state index in [0.29, 0.717) is 50.2 Å². The van der Waals surface area contributed by atoms with Gasteiger partial charge in [0.1, 0.15) is 5.82 Å². The molecule has 9 heteroatoms. The summed E-state index contributed by atoms with van der Waals surface area (Å²) in [4.78, 5) is 22.9. The third kappa shape index (κ3) is 3.87. The van der Waals surface area contributed by atoms with E-state index in [1.165, 1.54) is 0 Å². The van der Waals surface area contributed by atoms with E-state index in [-0.39, 0.29) is 0 Å².